The van der Waals surface area contributed by atoms with Gasteiger partial charge in [-0.1, -0.05) is 13.8 Å². The fourth-order valence-corrected chi connectivity index (χ4v) is 2.24. The van der Waals surface area contributed by atoms with Gasteiger partial charge in [-0.05, 0) is 24.8 Å². The highest BCUT2D eigenvalue weighted by atomic mass is 16.2. The Kier molecular flexibility index (Phi) is 3.47. The summed E-state index contributed by atoms with van der Waals surface area (Å²) in [5.74, 6) is 0.356. The Bertz CT molecular complexity index is 399. The molecule has 1 fully saturated rings. The number of nitrogens with zero attached hydrogens (tertiary/aromatic N) is 2. The molecule has 0 aromatic carbocycles. The Balaban J connectivity index is 2.13. The lowest BCUT2D eigenvalue weighted by Crippen LogP contribution is -2.40. The molecule has 0 radical (unpaired) electrons. The fourth-order valence-electron chi connectivity index (χ4n) is 2.24. The minimum atomic E-state index is 0.00102. The molecule has 1 aliphatic rings. The molecule has 0 bridgehead atoms. The van der Waals surface area contributed by atoms with E-state index in [-0.39, 0.29) is 11.9 Å². The van der Waals surface area contributed by atoms with Crippen LogP contribution in [-0.2, 0) is 0 Å². The van der Waals surface area contributed by atoms with Gasteiger partial charge in [0.15, 0.2) is 0 Å². The minimum Gasteiger partial charge on any atom is -0.333 e. The number of rotatable bonds is 3. The van der Waals surface area contributed by atoms with Gasteiger partial charge in [0.1, 0.15) is 5.69 Å². The molecule has 5 nitrogen and oxygen atoms in total. The number of aromatic amines is 1. The third-order valence-electron chi connectivity index (χ3n) is 3.35. The molecule has 1 unspecified atom stereocenters. The van der Waals surface area contributed by atoms with Crippen molar-refractivity contribution in [2.75, 3.05) is 13.1 Å². The molecule has 1 atom stereocenters. The number of nitrogens with two attached hydrogens (primary N) is 1. The Labute approximate surface area is 101 Å². The number of H-pyrrole nitrogens is 1. The smallest absolute Gasteiger partial charge is 0.274 e. The Hall–Kier alpha value is -1.36. The van der Waals surface area contributed by atoms with E-state index in [0.29, 0.717) is 18.2 Å². The molecule has 1 aliphatic heterocycles. The van der Waals surface area contributed by atoms with Gasteiger partial charge in [0, 0.05) is 24.8 Å². The van der Waals surface area contributed by atoms with E-state index in [1.807, 2.05) is 11.0 Å². The standard InChI is InChI=1S/C12H20N4O/c1-8(2)10-6-11(15-14-10)12(17)16-5-3-4-9(16)7-13/h6,8-9H,3-5,7,13H2,1-2H3,(H,14,15). The van der Waals surface area contributed by atoms with Gasteiger partial charge in [0.25, 0.3) is 5.91 Å². The molecule has 1 saturated heterocycles. The van der Waals surface area contributed by atoms with Crippen LogP contribution in [0.15, 0.2) is 6.07 Å². The van der Waals surface area contributed by atoms with Crippen molar-refractivity contribution in [1.29, 1.82) is 0 Å². The molecule has 0 spiro atoms. The van der Waals surface area contributed by atoms with E-state index in [9.17, 15) is 4.79 Å². The summed E-state index contributed by atoms with van der Waals surface area (Å²) in [5.41, 5.74) is 7.18. The van der Waals surface area contributed by atoms with Crippen LogP contribution in [0.4, 0.5) is 0 Å². The summed E-state index contributed by atoms with van der Waals surface area (Å²) < 4.78 is 0. The molecular weight excluding hydrogens is 216 g/mol. The second-order valence-corrected chi connectivity index (χ2v) is 4.89. The predicted molar refractivity (Wildman–Crippen MR) is 65.8 cm³/mol. The van der Waals surface area contributed by atoms with Crippen LogP contribution in [0.5, 0.6) is 0 Å². The fraction of sp³-hybridized carbons (Fsp3) is 0.667. The van der Waals surface area contributed by atoms with Crippen molar-refractivity contribution in [3.05, 3.63) is 17.5 Å². The number of amides is 1. The third-order valence-corrected chi connectivity index (χ3v) is 3.35. The van der Waals surface area contributed by atoms with Gasteiger partial charge in [-0.3, -0.25) is 9.89 Å². The van der Waals surface area contributed by atoms with Crippen LogP contribution in [0.2, 0.25) is 0 Å². The molecule has 0 saturated carbocycles. The topological polar surface area (TPSA) is 75.0 Å². The van der Waals surface area contributed by atoms with E-state index in [0.717, 1.165) is 25.1 Å². The predicted octanol–water partition coefficient (Wildman–Crippen LogP) is 1.10. The molecule has 2 rings (SSSR count). The van der Waals surface area contributed by atoms with Crippen molar-refractivity contribution in [3.8, 4) is 0 Å². The quantitative estimate of drug-likeness (QED) is 0.825. The Morgan fingerprint density at radius 2 is 2.47 bits per heavy atom. The largest absolute Gasteiger partial charge is 0.333 e. The molecular formula is C12H20N4O. The third kappa shape index (κ3) is 2.34. The van der Waals surface area contributed by atoms with Crippen molar-refractivity contribution in [3.63, 3.8) is 0 Å². The van der Waals surface area contributed by atoms with Gasteiger partial charge >= 0.3 is 0 Å². The monoisotopic (exact) mass is 236 g/mol. The van der Waals surface area contributed by atoms with Gasteiger partial charge < -0.3 is 10.6 Å². The second kappa shape index (κ2) is 4.87. The summed E-state index contributed by atoms with van der Waals surface area (Å²) in [6.45, 7) is 5.47. The van der Waals surface area contributed by atoms with E-state index in [1.165, 1.54) is 0 Å². The van der Waals surface area contributed by atoms with Crippen molar-refractivity contribution < 1.29 is 4.79 Å². The molecule has 1 amide bonds. The molecule has 1 aromatic rings. The SMILES string of the molecule is CC(C)c1cc(C(=O)N2CCCC2CN)n[nH]1. The first kappa shape index (κ1) is 12.1. The Morgan fingerprint density at radius 1 is 1.71 bits per heavy atom. The molecule has 3 N–H and O–H groups in total. The number of aromatic nitrogens is 2. The van der Waals surface area contributed by atoms with E-state index in [1.54, 1.807) is 0 Å². The van der Waals surface area contributed by atoms with E-state index >= 15 is 0 Å². The Morgan fingerprint density at radius 3 is 3.06 bits per heavy atom. The zero-order valence-electron chi connectivity index (χ0n) is 10.4. The molecule has 5 heteroatoms. The van der Waals surface area contributed by atoms with Crippen molar-refractivity contribution >= 4 is 5.91 Å². The van der Waals surface area contributed by atoms with E-state index < -0.39 is 0 Å². The number of hydrogen-bond acceptors (Lipinski definition) is 3. The van der Waals surface area contributed by atoms with Crippen molar-refractivity contribution in [1.82, 2.24) is 15.1 Å². The van der Waals surface area contributed by atoms with Gasteiger partial charge in [0.05, 0.1) is 0 Å². The first-order chi connectivity index (χ1) is 8.13. The maximum atomic E-state index is 12.2. The van der Waals surface area contributed by atoms with Gasteiger partial charge in [-0.25, -0.2) is 0 Å². The maximum absolute atomic E-state index is 12.2. The van der Waals surface area contributed by atoms with E-state index in [2.05, 4.69) is 24.0 Å². The van der Waals surface area contributed by atoms with Crippen LogP contribution < -0.4 is 5.73 Å². The number of hydrogen-bond donors (Lipinski definition) is 2. The molecule has 94 valence electrons. The summed E-state index contributed by atoms with van der Waals surface area (Å²) >= 11 is 0. The summed E-state index contributed by atoms with van der Waals surface area (Å²) in [5, 5.41) is 7.01. The molecule has 0 aliphatic carbocycles. The number of carbonyl (C=O) groups excluding carboxylic acids is 1. The highest BCUT2D eigenvalue weighted by Crippen LogP contribution is 2.20. The first-order valence-corrected chi connectivity index (χ1v) is 6.19. The zero-order chi connectivity index (χ0) is 12.4. The lowest BCUT2D eigenvalue weighted by molar-refractivity contribution is 0.0735. The van der Waals surface area contributed by atoms with Gasteiger partial charge in [-0.2, -0.15) is 5.10 Å². The zero-order valence-corrected chi connectivity index (χ0v) is 10.4. The van der Waals surface area contributed by atoms with Gasteiger partial charge in [0.2, 0.25) is 0 Å². The van der Waals surface area contributed by atoms with Crippen molar-refractivity contribution in [2.24, 2.45) is 5.73 Å². The summed E-state index contributed by atoms with van der Waals surface area (Å²) in [7, 11) is 0. The van der Waals surface area contributed by atoms with Crippen LogP contribution in [0.3, 0.4) is 0 Å². The first-order valence-electron chi connectivity index (χ1n) is 6.19. The molecule has 17 heavy (non-hydrogen) atoms. The number of carbonyl (C=O) groups is 1. The normalized spacial score (nSPS) is 20.2. The second-order valence-electron chi connectivity index (χ2n) is 4.89. The average molecular weight is 236 g/mol. The van der Waals surface area contributed by atoms with Gasteiger partial charge in [-0.15, -0.1) is 0 Å². The highest BCUT2D eigenvalue weighted by Gasteiger charge is 2.29. The molecule has 1 aromatic heterocycles. The summed E-state index contributed by atoms with van der Waals surface area (Å²) in [6.07, 6.45) is 2.04. The molecule has 2 heterocycles. The van der Waals surface area contributed by atoms with Crippen LogP contribution in [0, 0.1) is 0 Å². The van der Waals surface area contributed by atoms with Crippen LogP contribution in [-0.4, -0.2) is 40.1 Å². The number of nitrogens with one attached hydrogen (secondary N) is 1. The summed E-state index contributed by atoms with van der Waals surface area (Å²) in [4.78, 5) is 14.1. The number of likely N-dealkylation sites (tertiary alicyclic amines) is 1. The van der Waals surface area contributed by atoms with E-state index in [4.69, 9.17) is 5.73 Å². The highest BCUT2D eigenvalue weighted by molar-refractivity contribution is 5.92. The van der Waals surface area contributed by atoms with Crippen LogP contribution >= 0.6 is 0 Å². The average Bonchev–Trinajstić information content (AvgIpc) is 2.96. The van der Waals surface area contributed by atoms with Crippen LogP contribution in [0.25, 0.3) is 0 Å². The van der Waals surface area contributed by atoms with Crippen LogP contribution in [0.1, 0.15) is 48.8 Å². The maximum Gasteiger partial charge on any atom is 0.274 e. The minimum absolute atomic E-state index is 0.00102. The lowest BCUT2D eigenvalue weighted by Gasteiger charge is -2.22. The lowest BCUT2D eigenvalue weighted by atomic mass is 10.1. The van der Waals surface area contributed by atoms with Crippen molar-refractivity contribution in [2.45, 2.75) is 38.6 Å². The summed E-state index contributed by atoms with van der Waals surface area (Å²) in [6, 6.07) is 2.03.